The maximum Gasteiger partial charge on any atom is 0.342 e. The molecule has 0 unspecified atom stereocenters. The van der Waals surface area contributed by atoms with Gasteiger partial charge in [0.05, 0.1) is 36.5 Å². The molecule has 0 aliphatic carbocycles. The van der Waals surface area contributed by atoms with Gasteiger partial charge in [-0.3, -0.25) is 0 Å². The quantitative estimate of drug-likeness (QED) is 0.662. The molecular weight excluding hydrogens is 388 g/mol. The first kappa shape index (κ1) is 20.3. The highest BCUT2D eigenvalue weighted by Crippen LogP contribution is 2.26. The molecule has 0 N–H and O–H groups in total. The molecule has 0 amide bonds. The van der Waals surface area contributed by atoms with Crippen LogP contribution in [0, 0.1) is 13.8 Å². The first-order valence-corrected chi connectivity index (χ1v) is 10.1. The van der Waals surface area contributed by atoms with Gasteiger partial charge in [-0.15, -0.1) is 0 Å². The average Bonchev–Trinajstić information content (AvgIpc) is 3.03. The van der Waals surface area contributed by atoms with Crippen LogP contribution >= 0.6 is 0 Å². The van der Waals surface area contributed by atoms with E-state index >= 15 is 0 Å². The minimum absolute atomic E-state index is 0.000473. The second kappa shape index (κ2) is 8.29. The largest absolute Gasteiger partial charge is 0.496 e. The predicted octanol–water partition coefficient (Wildman–Crippen LogP) is 1.68. The van der Waals surface area contributed by atoms with E-state index in [4.69, 9.17) is 18.7 Å². The summed E-state index contributed by atoms with van der Waals surface area (Å²) >= 11 is 0. The molecule has 152 valence electrons. The number of carbonyl (C=O) groups is 1. The minimum atomic E-state index is -3.75. The van der Waals surface area contributed by atoms with Crippen molar-refractivity contribution in [3.05, 3.63) is 40.8 Å². The first-order valence-electron chi connectivity index (χ1n) is 8.69. The fraction of sp³-hybridized carbons (Fsp3) is 0.444. The molecule has 1 fully saturated rings. The molecule has 9 nitrogen and oxygen atoms in total. The van der Waals surface area contributed by atoms with Crippen molar-refractivity contribution in [1.29, 1.82) is 0 Å². The second-order valence-electron chi connectivity index (χ2n) is 6.26. The molecule has 1 saturated heterocycles. The summed E-state index contributed by atoms with van der Waals surface area (Å²) in [6, 6.07) is 4.13. The number of benzene rings is 1. The number of ether oxygens (including phenoxy) is 3. The van der Waals surface area contributed by atoms with Gasteiger partial charge in [0.2, 0.25) is 10.0 Å². The van der Waals surface area contributed by atoms with Crippen LogP contribution in [0.1, 0.15) is 27.4 Å². The van der Waals surface area contributed by atoms with Crippen LogP contribution in [0.3, 0.4) is 0 Å². The number of methoxy groups -OCH3 is 1. The summed E-state index contributed by atoms with van der Waals surface area (Å²) in [5, 5.41) is 3.81. The molecule has 0 radical (unpaired) electrons. The lowest BCUT2D eigenvalue weighted by molar-refractivity contribution is 0.0466. The highest BCUT2D eigenvalue weighted by molar-refractivity contribution is 7.89. The maximum atomic E-state index is 12.9. The lowest BCUT2D eigenvalue weighted by Gasteiger charge is -2.26. The number of aryl methyl sites for hydroxylation is 2. The Hall–Kier alpha value is -2.43. The molecule has 1 aliphatic rings. The number of carbonyl (C=O) groups excluding carboxylic acids is 1. The smallest absolute Gasteiger partial charge is 0.342 e. The van der Waals surface area contributed by atoms with Gasteiger partial charge in [0.1, 0.15) is 23.7 Å². The van der Waals surface area contributed by atoms with Crippen molar-refractivity contribution in [3.63, 3.8) is 0 Å². The van der Waals surface area contributed by atoms with Crippen LogP contribution in [0.15, 0.2) is 27.6 Å². The van der Waals surface area contributed by atoms with Crippen LogP contribution < -0.4 is 4.74 Å². The van der Waals surface area contributed by atoms with Gasteiger partial charge in [-0.05, 0) is 32.0 Å². The van der Waals surface area contributed by atoms with Crippen LogP contribution in [0.2, 0.25) is 0 Å². The third-order valence-electron chi connectivity index (χ3n) is 4.53. The molecule has 3 rings (SSSR count). The van der Waals surface area contributed by atoms with Crippen molar-refractivity contribution < 1.29 is 31.9 Å². The summed E-state index contributed by atoms with van der Waals surface area (Å²) in [4.78, 5) is 12.6. The Kier molecular flexibility index (Phi) is 6.01. The van der Waals surface area contributed by atoms with Crippen molar-refractivity contribution >= 4 is 16.0 Å². The van der Waals surface area contributed by atoms with E-state index in [1.807, 2.05) is 0 Å². The highest BCUT2D eigenvalue weighted by atomic mass is 32.2. The summed E-state index contributed by atoms with van der Waals surface area (Å²) in [7, 11) is -2.35. The fourth-order valence-electron chi connectivity index (χ4n) is 2.87. The molecule has 1 aliphatic heterocycles. The first-order chi connectivity index (χ1) is 13.3. The van der Waals surface area contributed by atoms with Crippen LogP contribution in [0.5, 0.6) is 5.75 Å². The van der Waals surface area contributed by atoms with Crippen molar-refractivity contribution in [2.45, 2.75) is 25.3 Å². The van der Waals surface area contributed by atoms with Gasteiger partial charge in [0, 0.05) is 13.1 Å². The number of aromatic nitrogens is 1. The summed E-state index contributed by atoms with van der Waals surface area (Å²) < 4.78 is 47.8. The molecule has 0 spiro atoms. The van der Waals surface area contributed by atoms with E-state index in [1.54, 1.807) is 13.8 Å². The Labute approximate surface area is 163 Å². The Morgan fingerprint density at radius 2 is 1.96 bits per heavy atom. The van der Waals surface area contributed by atoms with Gasteiger partial charge in [-0.1, -0.05) is 5.16 Å². The van der Waals surface area contributed by atoms with E-state index in [1.165, 1.54) is 29.6 Å². The fourth-order valence-corrected chi connectivity index (χ4v) is 4.30. The van der Waals surface area contributed by atoms with Gasteiger partial charge < -0.3 is 18.7 Å². The SMILES string of the molecule is COc1ccc(S(=O)(=O)N2CCOCC2)cc1C(=O)OCc1c(C)noc1C. The van der Waals surface area contributed by atoms with Gasteiger partial charge in [-0.2, -0.15) is 4.31 Å². The summed E-state index contributed by atoms with van der Waals surface area (Å²) in [6.07, 6.45) is 0. The second-order valence-corrected chi connectivity index (χ2v) is 8.20. The number of esters is 1. The topological polar surface area (TPSA) is 108 Å². The maximum absolute atomic E-state index is 12.9. The summed E-state index contributed by atoms with van der Waals surface area (Å²) in [5.41, 5.74) is 1.33. The molecule has 2 aromatic rings. The zero-order valence-corrected chi connectivity index (χ0v) is 16.7. The molecular formula is C18H22N2O7S. The zero-order valence-electron chi connectivity index (χ0n) is 15.9. The molecule has 10 heteroatoms. The van der Waals surface area contributed by atoms with Crippen LogP contribution in [0.25, 0.3) is 0 Å². The number of nitrogens with zero attached hydrogens (tertiary/aromatic N) is 2. The standard InChI is InChI=1S/C18H22N2O7S/c1-12-16(13(2)27-19-12)11-26-18(21)15-10-14(4-5-17(15)24-3)28(22,23)20-6-8-25-9-7-20/h4-5,10H,6-9,11H2,1-3H3. The molecule has 1 aromatic carbocycles. The monoisotopic (exact) mass is 410 g/mol. The van der Waals surface area contributed by atoms with Crippen LogP contribution in [0.4, 0.5) is 0 Å². The number of hydrogen-bond donors (Lipinski definition) is 0. The summed E-state index contributed by atoms with van der Waals surface area (Å²) in [5.74, 6) is 0.0847. The molecule has 0 saturated carbocycles. The number of rotatable bonds is 6. The van der Waals surface area contributed by atoms with E-state index < -0.39 is 16.0 Å². The molecule has 0 bridgehead atoms. The Morgan fingerprint density at radius 1 is 1.25 bits per heavy atom. The van der Waals surface area contributed by atoms with E-state index in [9.17, 15) is 13.2 Å². The average molecular weight is 410 g/mol. The third kappa shape index (κ3) is 4.03. The number of morpholine rings is 1. The molecule has 1 aromatic heterocycles. The normalized spacial score (nSPS) is 15.4. The van der Waals surface area contributed by atoms with Gasteiger partial charge in [0.15, 0.2) is 0 Å². The number of sulfonamides is 1. The highest BCUT2D eigenvalue weighted by Gasteiger charge is 2.28. The summed E-state index contributed by atoms with van der Waals surface area (Å²) in [6.45, 7) is 4.63. The molecule has 28 heavy (non-hydrogen) atoms. The predicted molar refractivity (Wildman–Crippen MR) is 97.7 cm³/mol. The van der Waals surface area contributed by atoms with E-state index in [0.29, 0.717) is 30.2 Å². The zero-order chi connectivity index (χ0) is 20.3. The lowest BCUT2D eigenvalue weighted by Crippen LogP contribution is -2.40. The van der Waals surface area contributed by atoms with E-state index in [0.717, 1.165) is 0 Å². The Balaban J connectivity index is 1.85. The van der Waals surface area contributed by atoms with Crippen molar-refractivity contribution in [3.8, 4) is 5.75 Å². The molecule has 0 atom stereocenters. The van der Waals surface area contributed by atoms with Crippen molar-refractivity contribution in [2.75, 3.05) is 33.4 Å². The van der Waals surface area contributed by atoms with E-state index in [-0.39, 0.29) is 35.9 Å². The van der Waals surface area contributed by atoms with Gasteiger partial charge >= 0.3 is 5.97 Å². The number of hydrogen-bond acceptors (Lipinski definition) is 8. The van der Waals surface area contributed by atoms with Crippen molar-refractivity contribution in [2.24, 2.45) is 0 Å². The van der Waals surface area contributed by atoms with Crippen LogP contribution in [-0.2, 0) is 26.1 Å². The van der Waals surface area contributed by atoms with Crippen molar-refractivity contribution in [1.82, 2.24) is 9.46 Å². The Bertz CT molecular complexity index is 943. The minimum Gasteiger partial charge on any atom is -0.496 e. The van der Waals surface area contributed by atoms with Gasteiger partial charge in [-0.25, -0.2) is 13.2 Å². The van der Waals surface area contributed by atoms with E-state index in [2.05, 4.69) is 5.16 Å². The lowest BCUT2D eigenvalue weighted by atomic mass is 10.2. The third-order valence-corrected chi connectivity index (χ3v) is 6.42. The Morgan fingerprint density at radius 3 is 2.57 bits per heavy atom. The molecule has 2 heterocycles. The van der Waals surface area contributed by atoms with Crippen LogP contribution in [-0.4, -0.2) is 57.3 Å². The van der Waals surface area contributed by atoms with Gasteiger partial charge in [0.25, 0.3) is 0 Å².